The average Bonchev–Trinajstić information content (AvgIpc) is 2.73. The van der Waals surface area contributed by atoms with E-state index in [0.29, 0.717) is 0 Å². The van der Waals surface area contributed by atoms with Gasteiger partial charge in [-0.3, -0.25) is 0 Å². The molecule has 0 saturated carbocycles. The molecule has 0 aromatic heterocycles. The molecule has 0 radical (unpaired) electrons. The molecule has 1 heterocycles. The lowest BCUT2D eigenvalue weighted by molar-refractivity contribution is -0.910. The molecular weight excluding hydrogens is 266 g/mol. The predicted octanol–water partition coefficient (Wildman–Crippen LogP) is 4.74. The molecule has 0 N–H and O–H groups in total. The summed E-state index contributed by atoms with van der Waals surface area (Å²) in [5.41, 5.74) is 2.74. The molecule has 0 fully saturated rings. The molecule has 4 rings (SSSR count). The van der Waals surface area contributed by atoms with Gasteiger partial charge < -0.3 is 4.48 Å². The summed E-state index contributed by atoms with van der Waals surface area (Å²) in [5, 5.41) is 5.95. The van der Waals surface area contributed by atoms with Crippen molar-refractivity contribution in [1.29, 1.82) is 0 Å². The minimum atomic E-state index is 0.956. The van der Waals surface area contributed by atoms with Gasteiger partial charge in [-0.15, -0.1) is 0 Å². The fourth-order valence-electron chi connectivity index (χ4n) is 3.48. The van der Waals surface area contributed by atoms with Gasteiger partial charge >= 0.3 is 0 Å². The van der Waals surface area contributed by atoms with Crippen molar-refractivity contribution in [3.05, 3.63) is 58.6 Å². The van der Waals surface area contributed by atoms with E-state index < -0.39 is 0 Å². The summed E-state index contributed by atoms with van der Waals surface area (Å²) in [4.78, 5) is 0. The second kappa shape index (κ2) is 3.97. The van der Waals surface area contributed by atoms with Crippen LogP contribution in [0, 0.1) is 0 Å². The van der Waals surface area contributed by atoms with Crippen LogP contribution in [0.3, 0.4) is 0 Å². The van der Waals surface area contributed by atoms with Crippen LogP contribution in [-0.2, 0) is 13.1 Å². The first-order chi connectivity index (χ1) is 9.55. The highest BCUT2D eigenvalue weighted by molar-refractivity contribution is 6.38. The van der Waals surface area contributed by atoms with Gasteiger partial charge in [-0.05, 0) is 22.2 Å². The number of rotatable bonds is 0. The lowest BCUT2D eigenvalue weighted by Crippen LogP contribution is -2.32. The summed E-state index contributed by atoms with van der Waals surface area (Å²) in [6.07, 6.45) is 0. The second-order valence-corrected chi connectivity index (χ2v) is 6.84. The summed E-state index contributed by atoms with van der Waals surface area (Å²) in [5.74, 6) is 0. The van der Waals surface area contributed by atoms with Crippen LogP contribution >= 0.6 is 11.6 Å². The predicted molar refractivity (Wildman–Crippen MR) is 86.0 cm³/mol. The number of hydrogen-bond acceptors (Lipinski definition) is 0. The standard InChI is InChI=1S/C18H17ClN/c1-20(2)10-14-9-13-8-7-12-5-3-4-6-15(12)17(13)18(19)16(14)11-20/h3-9H,10-11H2,1-2H3/q+1. The van der Waals surface area contributed by atoms with Crippen molar-refractivity contribution in [3.63, 3.8) is 0 Å². The van der Waals surface area contributed by atoms with Crippen LogP contribution in [0.25, 0.3) is 21.5 Å². The molecule has 0 bridgehead atoms. The van der Waals surface area contributed by atoms with Crippen molar-refractivity contribution in [2.45, 2.75) is 13.1 Å². The molecule has 1 aliphatic rings. The minimum Gasteiger partial charge on any atom is -0.321 e. The van der Waals surface area contributed by atoms with Gasteiger partial charge in [-0.25, -0.2) is 0 Å². The molecule has 1 nitrogen and oxygen atoms in total. The zero-order valence-corrected chi connectivity index (χ0v) is 12.5. The lowest BCUT2D eigenvalue weighted by Gasteiger charge is -2.22. The zero-order valence-electron chi connectivity index (χ0n) is 11.8. The third-order valence-electron chi connectivity index (χ3n) is 4.35. The van der Waals surface area contributed by atoms with E-state index in [9.17, 15) is 0 Å². The molecule has 20 heavy (non-hydrogen) atoms. The minimum absolute atomic E-state index is 0.956. The van der Waals surface area contributed by atoms with Crippen molar-refractivity contribution in [1.82, 2.24) is 0 Å². The van der Waals surface area contributed by atoms with Crippen molar-refractivity contribution >= 4 is 33.1 Å². The molecule has 0 spiro atoms. The highest BCUT2D eigenvalue weighted by atomic mass is 35.5. The Morgan fingerprint density at radius 2 is 1.70 bits per heavy atom. The maximum Gasteiger partial charge on any atom is 0.106 e. The number of nitrogens with zero attached hydrogens (tertiary/aromatic N) is 1. The summed E-state index contributed by atoms with van der Waals surface area (Å²) in [6.45, 7) is 2.09. The van der Waals surface area contributed by atoms with Crippen LogP contribution in [0.1, 0.15) is 11.1 Å². The summed E-state index contributed by atoms with van der Waals surface area (Å²) in [6, 6.07) is 15.2. The van der Waals surface area contributed by atoms with E-state index in [-0.39, 0.29) is 0 Å². The summed E-state index contributed by atoms with van der Waals surface area (Å²) in [7, 11) is 4.53. The van der Waals surface area contributed by atoms with E-state index in [1.165, 1.54) is 32.7 Å². The molecule has 0 atom stereocenters. The smallest absolute Gasteiger partial charge is 0.106 e. The van der Waals surface area contributed by atoms with Gasteiger partial charge in [0.2, 0.25) is 0 Å². The number of quaternary nitrogens is 1. The van der Waals surface area contributed by atoms with Gasteiger partial charge in [0.15, 0.2) is 0 Å². The number of hydrogen-bond donors (Lipinski definition) is 0. The Labute approximate surface area is 124 Å². The van der Waals surface area contributed by atoms with Gasteiger partial charge in [0, 0.05) is 16.5 Å². The van der Waals surface area contributed by atoms with Crippen molar-refractivity contribution < 1.29 is 4.48 Å². The third-order valence-corrected chi connectivity index (χ3v) is 4.76. The first-order valence-electron chi connectivity index (χ1n) is 6.99. The summed E-state index contributed by atoms with van der Waals surface area (Å²) >= 11 is 6.78. The Hall–Kier alpha value is -1.57. The first-order valence-corrected chi connectivity index (χ1v) is 7.37. The Kier molecular flexibility index (Phi) is 2.42. The van der Waals surface area contributed by atoms with Gasteiger partial charge in [0.25, 0.3) is 0 Å². The normalized spacial score (nSPS) is 16.8. The number of halogens is 1. The fraction of sp³-hybridized carbons (Fsp3) is 0.222. The van der Waals surface area contributed by atoms with Crippen molar-refractivity contribution in [2.75, 3.05) is 14.1 Å². The topological polar surface area (TPSA) is 0 Å². The molecule has 0 amide bonds. The Morgan fingerprint density at radius 1 is 0.950 bits per heavy atom. The van der Waals surface area contributed by atoms with E-state index >= 15 is 0 Å². The van der Waals surface area contributed by atoms with E-state index in [4.69, 9.17) is 11.6 Å². The Balaban J connectivity index is 2.14. The van der Waals surface area contributed by atoms with Gasteiger partial charge in [-0.2, -0.15) is 0 Å². The average molecular weight is 283 g/mol. The molecule has 3 aromatic rings. The van der Waals surface area contributed by atoms with E-state index in [2.05, 4.69) is 56.6 Å². The maximum absolute atomic E-state index is 6.78. The molecular formula is C18H17ClN+. The number of fused-ring (bicyclic) bond motifs is 4. The van der Waals surface area contributed by atoms with Gasteiger partial charge in [0.1, 0.15) is 13.1 Å². The summed E-state index contributed by atoms with van der Waals surface area (Å²) < 4.78 is 0.989. The number of benzene rings is 3. The monoisotopic (exact) mass is 282 g/mol. The largest absolute Gasteiger partial charge is 0.321 e. The maximum atomic E-state index is 6.78. The van der Waals surface area contributed by atoms with Crippen molar-refractivity contribution in [3.8, 4) is 0 Å². The molecule has 100 valence electrons. The Bertz CT molecular complexity index is 849. The van der Waals surface area contributed by atoms with E-state index in [1.54, 1.807) is 0 Å². The molecule has 0 aliphatic carbocycles. The van der Waals surface area contributed by atoms with Gasteiger partial charge in [0.05, 0.1) is 19.1 Å². The molecule has 3 aromatic carbocycles. The van der Waals surface area contributed by atoms with Gasteiger partial charge in [-0.1, -0.05) is 48.0 Å². The molecule has 0 saturated heterocycles. The SMILES string of the molecule is C[N+]1(C)Cc2cc3ccc4ccccc4c3c(Cl)c2C1. The van der Waals surface area contributed by atoms with Crippen molar-refractivity contribution in [2.24, 2.45) is 0 Å². The lowest BCUT2D eigenvalue weighted by atomic mass is 9.97. The molecule has 1 aliphatic heterocycles. The highest BCUT2D eigenvalue weighted by Gasteiger charge is 2.30. The van der Waals surface area contributed by atoms with Crippen LogP contribution < -0.4 is 0 Å². The first kappa shape index (κ1) is 12.2. The van der Waals surface area contributed by atoms with Crippen LogP contribution in [0.4, 0.5) is 0 Å². The fourth-order valence-corrected chi connectivity index (χ4v) is 3.87. The zero-order chi connectivity index (χ0) is 13.9. The molecule has 2 heteroatoms. The van der Waals surface area contributed by atoms with Crippen LogP contribution in [0.15, 0.2) is 42.5 Å². The van der Waals surface area contributed by atoms with E-state index in [1.807, 2.05) is 0 Å². The van der Waals surface area contributed by atoms with E-state index in [0.717, 1.165) is 22.6 Å². The Morgan fingerprint density at radius 3 is 2.55 bits per heavy atom. The van der Waals surface area contributed by atoms with Crippen LogP contribution in [0.2, 0.25) is 5.02 Å². The third kappa shape index (κ3) is 1.67. The molecule has 0 unspecified atom stereocenters. The highest BCUT2D eigenvalue weighted by Crippen LogP contribution is 2.40. The quantitative estimate of drug-likeness (QED) is 0.413. The second-order valence-electron chi connectivity index (χ2n) is 6.46. The van der Waals surface area contributed by atoms with Crippen LogP contribution in [0.5, 0.6) is 0 Å². The van der Waals surface area contributed by atoms with Crippen LogP contribution in [-0.4, -0.2) is 18.6 Å².